The van der Waals surface area contributed by atoms with Crippen LogP contribution in [0.4, 0.5) is 11.4 Å². The quantitative estimate of drug-likeness (QED) is 0.263. The van der Waals surface area contributed by atoms with Crippen LogP contribution in [0.3, 0.4) is 0 Å². The summed E-state index contributed by atoms with van der Waals surface area (Å²) in [4.78, 5) is 39.5. The first-order valence-electron chi connectivity index (χ1n) is 12.1. The van der Waals surface area contributed by atoms with Crippen LogP contribution in [0.5, 0.6) is 0 Å². The Bertz CT molecular complexity index is 1550. The van der Waals surface area contributed by atoms with Gasteiger partial charge in [0, 0.05) is 21.2 Å². The molecule has 0 radical (unpaired) electrons. The Labute approximate surface area is 234 Å². The number of para-hydroxylation sites is 1. The van der Waals surface area contributed by atoms with E-state index in [1.807, 2.05) is 66.7 Å². The summed E-state index contributed by atoms with van der Waals surface area (Å²) in [6.45, 7) is 0. The average Bonchev–Trinajstić information content (AvgIpc) is 3.32. The van der Waals surface area contributed by atoms with Crippen LogP contribution in [-0.4, -0.2) is 23.6 Å². The second kappa shape index (κ2) is 12.0. The van der Waals surface area contributed by atoms with Crippen LogP contribution >= 0.6 is 23.4 Å². The number of nitrogens with one attached hydrogen (secondary N) is 2. The van der Waals surface area contributed by atoms with Crippen molar-refractivity contribution in [2.75, 3.05) is 10.3 Å². The van der Waals surface area contributed by atoms with Crippen molar-refractivity contribution in [1.29, 1.82) is 0 Å². The van der Waals surface area contributed by atoms with Crippen molar-refractivity contribution >= 4 is 58.3 Å². The van der Waals surface area contributed by atoms with E-state index in [-0.39, 0.29) is 30.0 Å². The lowest BCUT2D eigenvalue weighted by Crippen LogP contribution is -2.33. The van der Waals surface area contributed by atoms with Gasteiger partial charge in [-0.15, -0.1) is 11.8 Å². The van der Waals surface area contributed by atoms with Crippen LogP contribution in [0, 0.1) is 0 Å². The van der Waals surface area contributed by atoms with Crippen LogP contribution in [0.1, 0.15) is 27.6 Å². The largest absolute Gasteiger partial charge is 0.322 e. The minimum Gasteiger partial charge on any atom is -0.322 e. The van der Waals surface area contributed by atoms with Gasteiger partial charge in [-0.25, -0.2) is 0 Å². The van der Waals surface area contributed by atoms with Crippen molar-refractivity contribution in [3.63, 3.8) is 0 Å². The molecule has 0 saturated carbocycles. The zero-order valence-electron chi connectivity index (χ0n) is 20.6. The predicted octanol–water partition coefficient (Wildman–Crippen LogP) is 6.29. The number of amidine groups is 1. The number of carbonyl (C=O) groups excluding carboxylic acids is 3. The van der Waals surface area contributed by atoms with Crippen LogP contribution < -0.4 is 15.6 Å². The van der Waals surface area contributed by atoms with E-state index < -0.39 is 5.25 Å². The van der Waals surface area contributed by atoms with Crippen LogP contribution in [0.2, 0.25) is 5.02 Å². The number of hydrazone groups is 1. The summed E-state index contributed by atoms with van der Waals surface area (Å²) in [7, 11) is 0. The summed E-state index contributed by atoms with van der Waals surface area (Å²) in [5, 5.41) is 11.2. The topological polar surface area (TPSA) is 90.9 Å². The monoisotopic (exact) mass is 554 g/mol. The van der Waals surface area contributed by atoms with Gasteiger partial charge in [0.2, 0.25) is 5.91 Å². The van der Waals surface area contributed by atoms with Gasteiger partial charge in [0.1, 0.15) is 11.1 Å². The molecule has 0 saturated heterocycles. The van der Waals surface area contributed by atoms with E-state index in [0.29, 0.717) is 22.0 Å². The Morgan fingerprint density at radius 2 is 1.56 bits per heavy atom. The molecule has 1 aliphatic heterocycles. The number of thioether (sulfide) groups is 1. The molecule has 1 aliphatic rings. The highest BCUT2D eigenvalue weighted by Crippen LogP contribution is 2.36. The molecule has 1 heterocycles. The number of carbonyl (C=O) groups is 3. The first-order valence-corrected chi connectivity index (χ1v) is 13.4. The summed E-state index contributed by atoms with van der Waals surface area (Å²) in [6, 6.07) is 32.4. The van der Waals surface area contributed by atoms with Crippen molar-refractivity contribution in [2.24, 2.45) is 5.10 Å². The third-order valence-electron chi connectivity index (χ3n) is 5.82. The molecule has 39 heavy (non-hydrogen) atoms. The number of hydrogen-bond acceptors (Lipinski definition) is 5. The molecule has 1 unspecified atom stereocenters. The maximum absolute atomic E-state index is 13.5. The van der Waals surface area contributed by atoms with Gasteiger partial charge >= 0.3 is 0 Å². The van der Waals surface area contributed by atoms with Crippen molar-refractivity contribution in [1.82, 2.24) is 5.32 Å². The third kappa shape index (κ3) is 6.54. The molecule has 0 aliphatic carbocycles. The molecule has 4 aromatic rings. The lowest BCUT2D eigenvalue weighted by Gasteiger charge is -2.17. The number of rotatable bonds is 7. The van der Waals surface area contributed by atoms with Gasteiger partial charge < -0.3 is 10.6 Å². The minimum atomic E-state index is -0.631. The maximum atomic E-state index is 13.5. The number of halogens is 1. The van der Waals surface area contributed by atoms with Crippen molar-refractivity contribution in [2.45, 2.75) is 16.6 Å². The maximum Gasteiger partial charge on any atom is 0.255 e. The fourth-order valence-corrected chi connectivity index (χ4v) is 5.27. The summed E-state index contributed by atoms with van der Waals surface area (Å²) in [6.07, 6.45) is -0.00215. The van der Waals surface area contributed by atoms with Crippen molar-refractivity contribution < 1.29 is 14.4 Å². The third-order valence-corrected chi connectivity index (χ3v) is 7.30. The highest BCUT2D eigenvalue weighted by Gasteiger charge is 2.29. The average molecular weight is 555 g/mol. The van der Waals surface area contributed by atoms with E-state index in [4.69, 9.17) is 11.6 Å². The fourth-order valence-electron chi connectivity index (χ4n) is 3.99. The summed E-state index contributed by atoms with van der Waals surface area (Å²) >= 11 is 7.35. The smallest absolute Gasteiger partial charge is 0.255 e. The zero-order valence-corrected chi connectivity index (χ0v) is 22.2. The first-order chi connectivity index (χ1) is 19.0. The van der Waals surface area contributed by atoms with Crippen LogP contribution in [0.15, 0.2) is 119 Å². The number of benzene rings is 4. The molecule has 194 valence electrons. The summed E-state index contributed by atoms with van der Waals surface area (Å²) in [5.41, 5.74) is 2.45. The van der Waals surface area contributed by atoms with Gasteiger partial charge in [-0.1, -0.05) is 72.3 Å². The van der Waals surface area contributed by atoms with E-state index in [2.05, 4.69) is 15.7 Å². The number of nitrogens with zero attached hydrogens (tertiary/aromatic N) is 2. The second-order valence-electron chi connectivity index (χ2n) is 8.65. The zero-order chi connectivity index (χ0) is 27.2. The Balaban J connectivity index is 1.34. The lowest BCUT2D eigenvalue weighted by molar-refractivity contribution is -0.119. The molecule has 2 N–H and O–H groups in total. The molecule has 0 spiro atoms. The first kappa shape index (κ1) is 26.2. The van der Waals surface area contributed by atoms with Crippen molar-refractivity contribution in [3.05, 3.63) is 125 Å². The molecule has 9 heteroatoms. The number of amides is 3. The molecule has 1 atom stereocenters. The SMILES string of the molecule is O=C(Nc1cccc(SC(C(=O)NC2=NN(c3ccccc3)C(=O)C2)c2ccccc2)c1)c1cccc(Cl)c1. The normalized spacial score (nSPS) is 13.5. The van der Waals surface area contributed by atoms with Gasteiger partial charge in [-0.2, -0.15) is 10.1 Å². The van der Waals surface area contributed by atoms with Gasteiger partial charge in [0.25, 0.3) is 11.8 Å². The molecule has 0 bridgehead atoms. The molecule has 0 aromatic heterocycles. The molecule has 4 aromatic carbocycles. The van der Waals surface area contributed by atoms with E-state index >= 15 is 0 Å². The van der Waals surface area contributed by atoms with E-state index in [9.17, 15) is 14.4 Å². The van der Waals surface area contributed by atoms with Crippen LogP contribution in [0.25, 0.3) is 0 Å². The van der Waals surface area contributed by atoms with Gasteiger partial charge in [0.05, 0.1) is 12.1 Å². The highest BCUT2D eigenvalue weighted by molar-refractivity contribution is 8.00. The predicted molar refractivity (Wildman–Crippen MR) is 155 cm³/mol. The highest BCUT2D eigenvalue weighted by atomic mass is 35.5. The van der Waals surface area contributed by atoms with Gasteiger partial charge in [0.15, 0.2) is 0 Å². The van der Waals surface area contributed by atoms with Gasteiger partial charge in [-0.3, -0.25) is 14.4 Å². The Hall–Kier alpha value is -4.40. The fraction of sp³-hybridized carbons (Fsp3) is 0.0667. The number of anilines is 2. The van der Waals surface area contributed by atoms with Gasteiger partial charge in [-0.05, 0) is 54.1 Å². The molecular formula is C30H23ClN4O3S. The summed E-state index contributed by atoms with van der Waals surface area (Å²) in [5.74, 6) is -0.522. The molecule has 3 amide bonds. The molecule has 0 fully saturated rings. The Morgan fingerprint density at radius 1 is 0.846 bits per heavy atom. The van der Waals surface area contributed by atoms with E-state index in [1.165, 1.54) is 16.8 Å². The second-order valence-corrected chi connectivity index (χ2v) is 10.3. The molecule has 5 rings (SSSR count). The van der Waals surface area contributed by atoms with E-state index in [0.717, 1.165) is 10.5 Å². The standard InChI is InChI=1S/C30H23ClN4O3S/c31-22-12-7-11-21(17-22)29(37)32-23-13-8-16-25(18-23)39-28(20-9-3-1-4-10-20)30(38)33-26-19-27(36)35(34-26)24-14-5-2-6-15-24/h1-18,28H,19H2,(H,32,37)(H,33,34,38). The Morgan fingerprint density at radius 3 is 2.31 bits per heavy atom. The minimum absolute atomic E-state index is 0.00215. The molecule has 7 nitrogen and oxygen atoms in total. The van der Waals surface area contributed by atoms with Crippen molar-refractivity contribution in [3.8, 4) is 0 Å². The van der Waals surface area contributed by atoms with Crippen LogP contribution in [-0.2, 0) is 9.59 Å². The molecular weight excluding hydrogens is 532 g/mol. The summed E-state index contributed by atoms with van der Waals surface area (Å²) < 4.78 is 0. The Kier molecular flexibility index (Phi) is 8.05. The van der Waals surface area contributed by atoms with E-state index in [1.54, 1.807) is 42.5 Å². The number of hydrogen-bond donors (Lipinski definition) is 2. The lowest BCUT2D eigenvalue weighted by atomic mass is 10.1.